The molecule has 8 heteroatoms. The molecule has 0 aliphatic carbocycles. The topological polar surface area (TPSA) is 66.5 Å². The first-order valence-corrected chi connectivity index (χ1v) is 11.8. The lowest BCUT2D eigenvalue weighted by molar-refractivity contribution is -0.119. The van der Waals surface area contributed by atoms with Gasteiger partial charge in [-0.05, 0) is 36.8 Å². The van der Waals surface area contributed by atoms with Gasteiger partial charge in [0.2, 0.25) is 15.9 Å². The molecule has 0 unspecified atom stereocenters. The number of rotatable bonds is 9. The second-order valence-electron chi connectivity index (χ2n) is 6.14. The molecule has 2 rings (SSSR count). The molecule has 1 N–H and O–H groups in total. The third-order valence-electron chi connectivity index (χ3n) is 3.74. The standard InChI is InChI=1S/C19H23ClN2O3S2/c1-15-6-8-18(9-7-15)22(27(2,24)25)13-19(23)21-10-11-26-14-16-4-3-5-17(20)12-16/h3-9,12H,10-11,13-14H2,1-2H3,(H,21,23). The number of thioether (sulfide) groups is 1. The molecule has 27 heavy (non-hydrogen) atoms. The fourth-order valence-electron chi connectivity index (χ4n) is 2.38. The molecule has 146 valence electrons. The first-order valence-electron chi connectivity index (χ1n) is 8.39. The van der Waals surface area contributed by atoms with E-state index in [-0.39, 0.29) is 12.5 Å². The van der Waals surface area contributed by atoms with Crippen molar-refractivity contribution in [3.05, 3.63) is 64.7 Å². The Kier molecular flexibility index (Phi) is 8.01. The summed E-state index contributed by atoms with van der Waals surface area (Å²) in [6, 6.07) is 14.7. The van der Waals surface area contributed by atoms with Crippen molar-refractivity contribution in [2.45, 2.75) is 12.7 Å². The summed E-state index contributed by atoms with van der Waals surface area (Å²) in [5.41, 5.74) is 2.63. The van der Waals surface area contributed by atoms with E-state index in [0.29, 0.717) is 17.3 Å². The number of halogens is 1. The molecule has 0 bridgehead atoms. The summed E-state index contributed by atoms with van der Waals surface area (Å²) in [6.07, 6.45) is 1.10. The number of carbonyl (C=O) groups is 1. The Bertz CT molecular complexity index is 871. The summed E-state index contributed by atoms with van der Waals surface area (Å²) in [4.78, 5) is 12.2. The molecule has 0 atom stereocenters. The van der Waals surface area contributed by atoms with Crippen LogP contribution < -0.4 is 9.62 Å². The van der Waals surface area contributed by atoms with Crippen molar-refractivity contribution in [3.63, 3.8) is 0 Å². The molecular weight excluding hydrogens is 404 g/mol. The van der Waals surface area contributed by atoms with Gasteiger partial charge >= 0.3 is 0 Å². The van der Waals surface area contributed by atoms with Crippen LogP contribution >= 0.6 is 23.4 Å². The molecule has 0 spiro atoms. The first-order chi connectivity index (χ1) is 12.8. The highest BCUT2D eigenvalue weighted by Gasteiger charge is 2.20. The smallest absolute Gasteiger partial charge is 0.240 e. The maximum absolute atomic E-state index is 12.2. The highest BCUT2D eigenvalue weighted by Crippen LogP contribution is 2.18. The van der Waals surface area contributed by atoms with Crippen LogP contribution in [0.5, 0.6) is 0 Å². The van der Waals surface area contributed by atoms with Gasteiger partial charge in [0.1, 0.15) is 6.54 Å². The summed E-state index contributed by atoms with van der Waals surface area (Å²) in [6.45, 7) is 2.15. The molecule has 0 fully saturated rings. The molecule has 0 aliphatic rings. The van der Waals surface area contributed by atoms with E-state index in [2.05, 4.69) is 5.32 Å². The molecule has 2 aromatic carbocycles. The Balaban J connectivity index is 1.81. The number of hydrogen-bond donors (Lipinski definition) is 1. The van der Waals surface area contributed by atoms with E-state index in [0.717, 1.165) is 33.2 Å². The average Bonchev–Trinajstić information content (AvgIpc) is 2.59. The number of carbonyl (C=O) groups excluding carboxylic acids is 1. The normalized spacial score (nSPS) is 11.2. The fourth-order valence-corrected chi connectivity index (χ4v) is 4.25. The number of sulfonamides is 1. The van der Waals surface area contributed by atoms with E-state index in [1.54, 1.807) is 23.9 Å². The number of hydrogen-bond acceptors (Lipinski definition) is 4. The van der Waals surface area contributed by atoms with E-state index in [1.165, 1.54) is 0 Å². The van der Waals surface area contributed by atoms with E-state index < -0.39 is 10.0 Å². The maximum atomic E-state index is 12.2. The lowest BCUT2D eigenvalue weighted by Gasteiger charge is -2.22. The highest BCUT2D eigenvalue weighted by atomic mass is 35.5. The Hall–Kier alpha value is -1.70. The van der Waals surface area contributed by atoms with Crippen molar-refractivity contribution in [2.24, 2.45) is 0 Å². The Labute approximate surface area is 170 Å². The Morgan fingerprint density at radius 3 is 2.52 bits per heavy atom. The molecule has 0 aromatic heterocycles. The third-order valence-corrected chi connectivity index (χ3v) is 6.14. The Morgan fingerprint density at radius 1 is 1.19 bits per heavy atom. The van der Waals surface area contributed by atoms with Gasteiger partial charge in [0.25, 0.3) is 0 Å². The SMILES string of the molecule is Cc1ccc(N(CC(=O)NCCSCc2cccc(Cl)c2)S(C)(=O)=O)cc1. The van der Waals surface area contributed by atoms with Crippen LogP contribution in [0.2, 0.25) is 5.02 Å². The van der Waals surface area contributed by atoms with Crippen LogP contribution in [0.3, 0.4) is 0 Å². The predicted molar refractivity (Wildman–Crippen MR) is 114 cm³/mol. The largest absolute Gasteiger partial charge is 0.354 e. The summed E-state index contributed by atoms with van der Waals surface area (Å²) in [5, 5.41) is 3.48. The van der Waals surface area contributed by atoms with Crippen molar-refractivity contribution in [3.8, 4) is 0 Å². The lowest BCUT2D eigenvalue weighted by atomic mass is 10.2. The van der Waals surface area contributed by atoms with Gasteiger partial charge in [-0.2, -0.15) is 11.8 Å². The van der Waals surface area contributed by atoms with Crippen LogP contribution in [-0.2, 0) is 20.6 Å². The van der Waals surface area contributed by atoms with Crippen LogP contribution in [0.25, 0.3) is 0 Å². The number of benzene rings is 2. The number of aryl methyl sites for hydroxylation is 1. The summed E-state index contributed by atoms with van der Waals surface area (Å²) in [5.74, 6) is 1.20. The molecule has 1 amide bonds. The van der Waals surface area contributed by atoms with Crippen molar-refractivity contribution < 1.29 is 13.2 Å². The van der Waals surface area contributed by atoms with Gasteiger partial charge in [-0.15, -0.1) is 0 Å². The van der Waals surface area contributed by atoms with Gasteiger partial charge in [0.15, 0.2) is 0 Å². The van der Waals surface area contributed by atoms with Crippen LogP contribution in [-0.4, -0.2) is 39.4 Å². The summed E-state index contributed by atoms with van der Waals surface area (Å²) >= 11 is 7.63. The van der Waals surface area contributed by atoms with Gasteiger partial charge in [0, 0.05) is 23.1 Å². The molecule has 2 aromatic rings. The lowest BCUT2D eigenvalue weighted by Crippen LogP contribution is -2.41. The molecule has 0 aliphatic heterocycles. The minimum atomic E-state index is -3.55. The zero-order valence-electron chi connectivity index (χ0n) is 15.3. The number of nitrogens with zero attached hydrogens (tertiary/aromatic N) is 1. The minimum absolute atomic E-state index is 0.235. The third kappa shape index (κ3) is 7.44. The van der Waals surface area contributed by atoms with Gasteiger partial charge in [-0.3, -0.25) is 9.10 Å². The average molecular weight is 427 g/mol. The Morgan fingerprint density at radius 2 is 1.89 bits per heavy atom. The van der Waals surface area contributed by atoms with Crippen LogP contribution in [0.15, 0.2) is 48.5 Å². The van der Waals surface area contributed by atoms with Crippen molar-refractivity contribution in [1.29, 1.82) is 0 Å². The number of anilines is 1. The molecule has 5 nitrogen and oxygen atoms in total. The van der Waals surface area contributed by atoms with Crippen LogP contribution in [0, 0.1) is 6.92 Å². The molecule has 0 saturated heterocycles. The van der Waals surface area contributed by atoms with E-state index in [4.69, 9.17) is 11.6 Å². The molecule has 0 heterocycles. The van der Waals surface area contributed by atoms with Crippen molar-refractivity contribution in [1.82, 2.24) is 5.32 Å². The monoisotopic (exact) mass is 426 g/mol. The summed E-state index contributed by atoms with van der Waals surface area (Å²) in [7, 11) is -3.55. The van der Waals surface area contributed by atoms with Crippen LogP contribution in [0.1, 0.15) is 11.1 Å². The van der Waals surface area contributed by atoms with Gasteiger partial charge in [0.05, 0.1) is 11.9 Å². The quantitative estimate of drug-likeness (QED) is 0.623. The van der Waals surface area contributed by atoms with E-state index in [1.807, 2.05) is 43.3 Å². The first kappa shape index (κ1) is 21.6. The van der Waals surface area contributed by atoms with Crippen molar-refractivity contribution in [2.75, 3.05) is 29.4 Å². The molecule has 0 radical (unpaired) electrons. The zero-order chi connectivity index (χ0) is 19.9. The second kappa shape index (κ2) is 10.0. The molecular formula is C19H23ClN2O3S2. The second-order valence-corrected chi connectivity index (χ2v) is 9.59. The predicted octanol–water partition coefficient (Wildman–Crippen LogP) is 3.46. The van der Waals surface area contributed by atoms with Crippen molar-refractivity contribution >= 4 is 45.0 Å². The number of amides is 1. The highest BCUT2D eigenvalue weighted by molar-refractivity contribution is 7.98. The minimum Gasteiger partial charge on any atom is -0.354 e. The van der Waals surface area contributed by atoms with Gasteiger partial charge in [-0.1, -0.05) is 41.4 Å². The number of nitrogens with one attached hydrogen (secondary N) is 1. The maximum Gasteiger partial charge on any atom is 0.240 e. The molecule has 0 saturated carbocycles. The van der Waals surface area contributed by atoms with E-state index >= 15 is 0 Å². The van der Waals surface area contributed by atoms with Gasteiger partial charge in [-0.25, -0.2) is 8.42 Å². The fraction of sp³-hybridized carbons (Fsp3) is 0.316. The van der Waals surface area contributed by atoms with Gasteiger partial charge < -0.3 is 5.32 Å². The zero-order valence-corrected chi connectivity index (χ0v) is 17.7. The van der Waals surface area contributed by atoms with E-state index in [9.17, 15) is 13.2 Å². The summed E-state index contributed by atoms with van der Waals surface area (Å²) < 4.78 is 25.2. The van der Waals surface area contributed by atoms with Crippen LogP contribution in [0.4, 0.5) is 5.69 Å².